The molecule has 0 aliphatic rings. The van der Waals surface area contributed by atoms with E-state index in [-0.39, 0.29) is 0 Å². The SMILES string of the molecule is CC(CS(=O)(=O)O)C(C)CS(=O)(=O)O. The van der Waals surface area contributed by atoms with Crippen molar-refractivity contribution in [2.75, 3.05) is 11.5 Å². The molecule has 0 aliphatic heterocycles. The molecule has 86 valence electrons. The van der Waals surface area contributed by atoms with Crippen LogP contribution in [0.5, 0.6) is 0 Å². The molecule has 0 amide bonds. The predicted molar refractivity (Wildman–Crippen MR) is 51.2 cm³/mol. The van der Waals surface area contributed by atoms with Gasteiger partial charge in [0.2, 0.25) is 0 Å². The van der Waals surface area contributed by atoms with Gasteiger partial charge in [-0.2, -0.15) is 16.8 Å². The highest BCUT2D eigenvalue weighted by molar-refractivity contribution is 7.86. The zero-order valence-corrected chi connectivity index (χ0v) is 9.55. The van der Waals surface area contributed by atoms with Gasteiger partial charge in [0.1, 0.15) is 0 Å². The zero-order chi connectivity index (χ0) is 11.6. The van der Waals surface area contributed by atoms with E-state index in [4.69, 9.17) is 9.11 Å². The molecule has 14 heavy (non-hydrogen) atoms. The Hall–Kier alpha value is -0.180. The normalized spacial score (nSPS) is 17.7. The van der Waals surface area contributed by atoms with E-state index >= 15 is 0 Å². The summed E-state index contributed by atoms with van der Waals surface area (Å²) < 4.78 is 58.8. The Morgan fingerprint density at radius 3 is 1.21 bits per heavy atom. The zero-order valence-electron chi connectivity index (χ0n) is 7.91. The lowest BCUT2D eigenvalue weighted by molar-refractivity contribution is 0.406. The molecule has 8 heteroatoms. The Kier molecular flexibility index (Phi) is 4.50. The van der Waals surface area contributed by atoms with Crippen LogP contribution in [0.15, 0.2) is 0 Å². The van der Waals surface area contributed by atoms with Gasteiger partial charge in [0.05, 0.1) is 11.5 Å². The molecule has 0 aromatic carbocycles. The lowest BCUT2D eigenvalue weighted by Crippen LogP contribution is -2.24. The summed E-state index contributed by atoms with van der Waals surface area (Å²) in [5.74, 6) is -2.09. The van der Waals surface area contributed by atoms with Crippen LogP contribution >= 0.6 is 0 Å². The molecule has 2 atom stereocenters. The molecule has 0 fully saturated rings. The molecule has 6 nitrogen and oxygen atoms in total. The second-order valence-electron chi connectivity index (χ2n) is 3.45. The molecule has 0 aromatic rings. The van der Waals surface area contributed by atoms with Crippen LogP contribution in [-0.2, 0) is 20.2 Å². The van der Waals surface area contributed by atoms with Crippen LogP contribution in [0, 0.1) is 11.8 Å². The van der Waals surface area contributed by atoms with Gasteiger partial charge in [-0.15, -0.1) is 0 Å². The van der Waals surface area contributed by atoms with Crippen molar-refractivity contribution in [3.8, 4) is 0 Å². The maximum absolute atomic E-state index is 10.5. The van der Waals surface area contributed by atoms with Crippen molar-refractivity contribution >= 4 is 20.2 Å². The minimum absolute atomic E-state index is 0.510. The number of rotatable bonds is 5. The summed E-state index contributed by atoms with van der Waals surface area (Å²) in [5.41, 5.74) is 0. The van der Waals surface area contributed by atoms with Gasteiger partial charge in [0.25, 0.3) is 20.2 Å². The third kappa shape index (κ3) is 7.25. The van der Waals surface area contributed by atoms with Gasteiger partial charge in [-0.1, -0.05) is 13.8 Å². The van der Waals surface area contributed by atoms with Crippen molar-refractivity contribution < 1.29 is 25.9 Å². The Morgan fingerprint density at radius 2 is 1.07 bits per heavy atom. The first-order valence-corrected chi connectivity index (χ1v) is 7.13. The molecule has 0 saturated heterocycles. The standard InChI is InChI=1S/C6H14O6S2/c1-5(3-13(7,8)9)6(2)4-14(10,11)12/h5-6H,3-4H2,1-2H3,(H,7,8,9)(H,10,11,12). The molecular weight excluding hydrogens is 232 g/mol. The Morgan fingerprint density at radius 1 is 0.857 bits per heavy atom. The van der Waals surface area contributed by atoms with E-state index < -0.39 is 43.6 Å². The van der Waals surface area contributed by atoms with Gasteiger partial charge in [-0.05, 0) is 11.8 Å². The van der Waals surface area contributed by atoms with Crippen LogP contribution in [0.1, 0.15) is 13.8 Å². The summed E-state index contributed by atoms with van der Waals surface area (Å²) in [6.45, 7) is 2.98. The molecule has 0 radical (unpaired) electrons. The van der Waals surface area contributed by atoms with Gasteiger partial charge in [-0.3, -0.25) is 9.11 Å². The summed E-state index contributed by atoms with van der Waals surface area (Å²) in [4.78, 5) is 0. The fourth-order valence-corrected chi connectivity index (χ4v) is 2.98. The van der Waals surface area contributed by atoms with Gasteiger partial charge in [0.15, 0.2) is 0 Å². The van der Waals surface area contributed by atoms with Crippen molar-refractivity contribution in [3.05, 3.63) is 0 Å². The molecule has 0 heterocycles. The quantitative estimate of drug-likeness (QED) is 0.663. The molecule has 0 aliphatic carbocycles. The summed E-state index contributed by atoms with van der Waals surface area (Å²) in [6.07, 6.45) is 0. The first-order valence-electron chi connectivity index (χ1n) is 3.91. The van der Waals surface area contributed by atoms with Crippen LogP contribution in [0.25, 0.3) is 0 Å². The Labute approximate surface area is 83.8 Å². The minimum atomic E-state index is -4.10. The van der Waals surface area contributed by atoms with Crippen molar-refractivity contribution in [2.45, 2.75) is 13.8 Å². The highest BCUT2D eigenvalue weighted by atomic mass is 32.2. The van der Waals surface area contributed by atoms with Crippen molar-refractivity contribution in [1.82, 2.24) is 0 Å². The lowest BCUT2D eigenvalue weighted by Gasteiger charge is -2.16. The average molecular weight is 246 g/mol. The van der Waals surface area contributed by atoms with Crippen LogP contribution in [0.2, 0.25) is 0 Å². The van der Waals surface area contributed by atoms with Crippen molar-refractivity contribution in [1.29, 1.82) is 0 Å². The lowest BCUT2D eigenvalue weighted by atomic mass is 10.0. The van der Waals surface area contributed by atoms with Gasteiger partial charge < -0.3 is 0 Å². The van der Waals surface area contributed by atoms with Gasteiger partial charge >= 0.3 is 0 Å². The van der Waals surface area contributed by atoms with E-state index in [0.29, 0.717) is 0 Å². The molecule has 0 aromatic heterocycles. The molecule has 2 N–H and O–H groups in total. The highest BCUT2D eigenvalue weighted by Gasteiger charge is 2.22. The maximum atomic E-state index is 10.5. The van der Waals surface area contributed by atoms with Crippen LogP contribution in [0.3, 0.4) is 0 Å². The van der Waals surface area contributed by atoms with Crippen molar-refractivity contribution in [2.24, 2.45) is 11.8 Å². The van der Waals surface area contributed by atoms with Crippen LogP contribution in [0.4, 0.5) is 0 Å². The van der Waals surface area contributed by atoms with E-state index in [9.17, 15) is 16.8 Å². The minimum Gasteiger partial charge on any atom is -0.286 e. The monoisotopic (exact) mass is 246 g/mol. The summed E-state index contributed by atoms with van der Waals surface area (Å²) >= 11 is 0. The largest absolute Gasteiger partial charge is 0.286 e. The topological polar surface area (TPSA) is 109 Å². The van der Waals surface area contributed by atoms with Gasteiger partial charge in [-0.25, -0.2) is 0 Å². The van der Waals surface area contributed by atoms with E-state index in [1.54, 1.807) is 0 Å². The molecule has 0 saturated carbocycles. The third-order valence-corrected chi connectivity index (χ3v) is 3.81. The van der Waals surface area contributed by atoms with Crippen molar-refractivity contribution in [3.63, 3.8) is 0 Å². The molecule has 0 rings (SSSR count). The van der Waals surface area contributed by atoms with E-state index in [2.05, 4.69) is 0 Å². The summed E-state index contributed by atoms with van der Waals surface area (Å²) in [6, 6.07) is 0. The van der Waals surface area contributed by atoms with Crippen LogP contribution < -0.4 is 0 Å². The molecule has 0 bridgehead atoms. The van der Waals surface area contributed by atoms with E-state index in [1.165, 1.54) is 13.8 Å². The summed E-state index contributed by atoms with van der Waals surface area (Å²) in [7, 11) is -8.20. The van der Waals surface area contributed by atoms with Gasteiger partial charge in [0, 0.05) is 0 Å². The maximum Gasteiger partial charge on any atom is 0.265 e. The fourth-order valence-electron chi connectivity index (χ4n) is 0.993. The van der Waals surface area contributed by atoms with E-state index in [0.717, 1.165) is 0 Å². The average Bonchev–Trinajstić information content (AvgIpc) is 1.78. The molecule has 2 unspecified atom stereocenters. The second-order valence-corrected chi connectivity index (χ2v) is 6.45. The number of hydrogen-bond acceptors (Lipinski definition) is 4. The van der Waals surface area contributed by atoms with E-state index in [1.807, 2.05) is 0 Å². The number of hydrogen-bond donors (Lipinski definition) is 2. The third-order valence-electron chi connectivity index (χ3n) is 1.92. The fraction of sp³-hybridized carbons (Fsp3) is 1.00. The molecular formula is C6H14O6S2. The van der Waals surface area contributed by atoms with Crippen LogP contribution in [-0.4, -0.2) is 37.4 Å². The first-order chi connectivity index (χ1) is 6.01. The first kappa shape index (κ1) is 13.8. The smallest absolute Gasteiger partial charge is 0.265 e. The second kappa shape index (κ2) is 4.56. The summed E-state index contributed by atoms with van der Waals surface area (Å²) in [5, 5.41) is 0. The highest BCUT2D eigenvalue weighted by Crippen LogP contribution is 2.14. The molecule has 0 spiro atoms. The Bertz CT molecular complexity index is 329. The Balaban J connectivity index is 4.35. The predicted octanol–water partition coefficient (Wildman–Crippen LogP) is 0.0342.